The molecule has 4 nitrogen and oxygen atoms in total. The van der Waals surface area contributed by atoms with Crippen molar-refractivity contribution >= 4 is 11.8 Å². The first kappa shape index (κ1) is 14.4. The maximum Gasteiger partial charge on any atom is 0.338 e. The van der Waals surface area contributed by atoms with Gasteiger partial charge >= 0.3 is 5.97 Å². The molecule has 0 bridgehead atoms. The van der Waals surface area contributed by atoms with E-state index in [4.69, 9.17) is 5.11 Å². The molecule has 0 aliphatic rings. The lowest BCUT2D eigenvalue weighted by atomic mass is 9.95. The molecule has 100 valence electrons. The molecule has 0 fully saturated rings. The van der Waals surface area contributed by atoms with Crippen LogP contribution in [0.2, 0.25) is 0 Å². The molecule has 1 aromatic rings. The highest BCUT2D eigenvalue weighted by Crippen LogP contribution is 2.20. The number of carboxylic acids is 1. The summed E-state index contributed by atoms with van der Waals surface area (Å²) >= 11 is 0. The van der Waals surface area contributed by atoms with Crippen LogP contribution in [0.3, 0.4) is 0 Å². The van der Waals surface area contributed by atoms with E-state index in [1.165, 1.54) is 6.20 Å². The third kappa shape index (κ3) is 3.18. The third-order valence-electron chi connectivity index (χ3n) is 3.24. The van der Waals surface area contributed by atoms with E-state index in [2.05, 4.69) is 24.1 Å². The van der Waals surface area contributed by atoms with E-state index in [1.807, 2.05) is 6.92 Å². The van der Waals surface area contributed by atoms with Crippen molar-refractivity contribution in [2.45, 2.75) is 39.7 Å². The molecule has 0 spiro atoms. The summed E-state index contributed by atoms with van der Waals surface area (Å²) in [6.07, 6.45) is 3.25. The first-order chi connectivity index (χ1) is 8.51. The molecule has 0 saturated carbocycles. The molecule has 0 aliphatic heterocycles. The minimum Gasteiger partial charge on any atom is -0.478 e. The number of nitrogens with one attached hydrogen (secondary N) is 1. The Morgan fingerprint density at radius 2 is 2.11 bits per heavy atom. The molecule has 18 heavy (non-hydrogen) atoms. The Bertz CT molecular complexity index is 419. The standard InChI is InChI=1S/C13H19FN2O2/c1-4-9(5-2)8(3)16-12-11(14)10(13(17)18)6-7-15-12/h6-9H,4-5H2,1-3H3,(H,15,16)(H,17,18). The average molecular weight is 254 g/mol. The Morgan fingerprint density at radius 3 is 2.61 bits per heavy atom. The lowest BCUT2D eigenvalue weighted by Crippen LogP contribution is -2.26. The van der Waals surface area contributed by atoms with Crippen LogP contribution in [0.1, 0.15) is 44.0 Å². The molecule has 0 aliphatic carbocycles. The number of carbonyl (C=O) groups is 1. The Labute approximate surface area is 106 Å². The molecule has 2 N–H and O–H groups in total. The summed E-state index contributed by atoms with van der Waals surface area (Å²) in [5.74, 6) is -1.68. The molecular weight excluding hydrogens is 235 g/mol. The van der Waals surface area contributed by atoms with E-state index < -0.39 is 11.8 Å². The molecule has 1 aromatic heterocycles. The quantitative estimate of drug-likeness (QED) is 0.818. The highest BCUT2D eigenvalue weighted by Gasteiger charge is 2.19. The lowest BCUT2D eigenvalue weighted by Gasteiger charge is -2.23. The number of nitrogens with zero attached hydrogens (tertiary/aromatic N) is 1. The van der Waals surface area contributed by atoms with Crippen molar-refractivity contribution in [3.63, 3.8) is 0 Å². The molecule has 1 atom stereocenters. The summed E-state index contributed by atoms with van der Waals surface area (Å²) in [7, 11) is 0. The number of hydrogen-bond acceptors (Lipinski definition) is 3. The SMILES string of the molecule is CCC(CC)C(C)Nc1nccc(C(=O)O)c1F. The highest BCUT2D eigenvalue weighted by molar-refractivity contribution is 5.88. The monoisotopic (exact) mass is 254 g/mol. The molecule has 0 aromatic carbocycles. The highest BCUT2D eigenvalue weighted by atomic mass is 19.1. The summed E-state index contributed by atoms with van der Waals surface area (Å²) in [5, 5.41) is 11.8. The molecule has 5 heteroatoms. The summed E-state index contributed by atoms with van der Waals surface area (Å²) < 4.78 is 13.8. The minimum absolute atomic E-state index is 0.00861. The summed E-state index contributed by atoms with van der Waals surface area (Å²) in [4.78, 5) is 14.7. The predicted molar refractivity (Wildman–Crippen MR) is 68.3 cm³/mol. The van der Waals surface area contributed by atoms with Crippen LogP contribution >= 0.6 is 0 Å². The van der Waals surface area contributed by atoms with Crippen LogP contribution in [-0.2, 0) is 0 Å². The number of anilines is 1. The summed E-state index contributed by atoms with van der Waals surface area (Å²) in [5.41, 5.74) is -0.357. The van der Waals surface area contributed by atoms with Gasteiger partial charge in [0.25, 0.3) is 0 Å². The van der Waals surface area contributed by atoms with Crippen LogP contribution < -0.4 is 5.32 Å². The summed E-state index contributed by atoms with van der Waals surface area (Å²) in [6, 6.07) is 1.20. The summed E-state index contributed by atoms with van der Waals surface area (Å²) in [6.45, 7) is 6.10. The maximum atomic E-state index is 13.8. The number of pyridine rings is 1. The zero-order valence-corrected chi connectivity index (χ0v) is 10.9. The average Bonchev–Trinajstić information content (AvgIpc) is 2.33. The van der Waals surface area contributed by atoms with E-state index in [9.17, 15) is 9.18 Å². The fourth-order valence-corrected chi connectivity index (χ4v) is 2.04. The maximum absolute atomic E-state index is 13.8. The van der Waals surface area contributed by atoms with Gasteiger partial charge in [0, 0.05) is 12.2 Å². The van der Waals surface area contributed by atoms with Crippen molar-refractivity contribution in [2.24, 2.45) is 5.92 Å². The molecule has 1 heterocycles. The molecule has 0 radical (unpaired) electrons. The second kappa shape index (κ2) is 6.33. The van der Waals surface area contributed by atoms with Gasteiger partial charge < -0.3 is 10.4 Å². The lowest BCUT2D eigenvalue weighted by molar-refractivity contribution is 0.0692. The van der Waals surface area contributed by atoms with Crippen LogP contribution in [0, 0.1) is 11.7 Å². The van der Waals surface area contributed by atoms with Gasteiger partial charge in [0.15, 0.2) is 11.6 Å². The van der Waals surface area contributed by atoms with Crippen molar-refractivity contribution in [1.82, 2.24) is 4.98 Å². The van der Waals surface area contributed by atoms with Crippen molar-refractivity contribution in [2.75, 3.05) is 5.32 Å². The van der Waals surface area contributed by atoms with Gasteiger partial charge in [-0.25, -0.2) is 14.2 Å². The fourth-order valence-electron chi connectivity index (χ4n) is 2.04. The van der Waals surface area contributed by atoms with Crippen LogP contribution in [0.25, 0.3) is 0 Å². The van der Waals surface area contributed by atoms with Crippen molar-refractivity contribution < 1.29 is 14.3 Å². The number of hydrogen-bond donors (Lipinski definition) is 2. The number of rotatable bonds is 6. The van der Waals surface area contributed by atoms with E-state index in [1.54, 1.807) is 0 Å². The first-order valence-corrected chi connectivity index (χ1v) is 6.15. The second-order valence-corrected chi connectivity index (χ2v) is 4.34. The third-order valence-corrected chi connectivity index (χ3v) is 3.24. The molecule has 1 rings (SSSR count). The molecule has 0 amide bonds. The number of aromatic carboxylic acids is 1. The van der Waals surface area contributed by atoms with Gasteiger partial charge in [-0.2, -0.15) is 0 Å². The molecule has 0 saturated heterocycles. The smallest absolute Gasteiger partial charge is 0.338 e. The van der Waals surface area contributed by atoms with Crippen molar-refractivity contribution in [3.05, 3.63) is 23.6 Å². The first-order valence-electron chi connectivity index (χ1n) is 6.15. The number of halogens is 1. The number of aromatic nitrogens is 1. The van der Waals surface area contributed by atoms with Gasteiger partial charge in [-0.1, -0.05) is 26.7 Å². The van der Waals surface area contributed by atoms with E-state index >= 15 is 0 Å². The van der Waals surface area contributed by atoms with E-state index in [0.717, 1.165) is 18.9 Å². The van der Waals surface area contributed by atoms with Gasteiger partial charge in [0.05, 0.1) is 0 Å². The molecule has 1 unspecified atom stereocenters. The Morgan fingerprint density at radius 1 is 1.50 bits per heavy atom. The van der Waals surface area contributed by atoms with E-state index in [-0.39, 0.29) is 17.4 Å². The van der Waals surface area contributed by atoms with Crippen molar-refractivity contribution in [1.29, 1.82) is 0 Å². The van der Waals surface area contributed by atoms with Crippen LogP contribution in [-0.4, -0.2) is 22.1 Å². The van der Waals surface area contributed by atoms with E-state index in [0.29, 0.717) is 5.92 Å². The van der Waals surface area contributed by atoms with Crippen molar-refractivity contribution in [3.8, 4) is 0 Å². The van der Waals surface area contributed by atoms with Gasteiger partial charge in [0.2, 0.25) is 0 Å². The van der Waals surface area contributed by atoms with Crippen LogP contribution in [0.4, 0.5) is 10.2 Å². The minimum atomic E-state index is -1.28. The van der Waals surface area contributed by atoms with Gasteiger partial charge in [-0.05, 0) is 18.9 Å². The largest absolute Gasteiger partial charge is 0.478 e. The normalized spacial score (nSPS) is 12.5. The Hall–Kier alpha value is -1.65. The second-order valence-electron chi connectivity index (χ2n) is 4.34. The fraction of sp³-hybridized carbons (Fsp3) is 0.538. The zero-order valence-electron chi connectivity index (χ0n) is 10.9. The van der Waals surface area contributed by atoms with Gasteiger partial charge in [-0.15, -0.1) is 0 Å². The van der Waals surface area contributed by atoms with Crippen LogP contribution in [0.5, 0.6) is 0 Å². The predicted octanol–water partition coefficient (Wildman–Crippen LogP) is 3.16. The zero-order chi connectivity index (χ0) is 13.7. The Kier molecular flexibility index (Phi) is 5.07. The Balaban J connectivity index is 2.91. The van der Waals surface area contributed by atoms with Gasteiger partial charge in [-0.3, -0.25) is 0 Å². The van der Waals surface area contributed by atoms with Crippen LogP contribution in [0.15, 0.2) is 12.3 Å². The topological polar surface area (TPSA) is 62.2 Å². The molecular formula is C13H19FN2O2. The van der Waals surface area contributed by atoms with Gasteiger partial charge in [0.1, 0.15) is 5.56 Å². The number of carboxylic acid groups (broad SMARTS) is 1.